The molecule has 1 unspecified atom stereocenters. The highest BCUT2D eigenvalue weighted by atomic mass is 32.2. The Morgan fingerprint density at radius 1 is 1.28 bits per heavy atom. The molecule has 0 bridgehead atoms. The Balaban J connectivity index is 2.10. The molecule has 0 aliphatic rings. The van der Waals surface area contributed by atoms with Crippen LogP contribution in [0.1, 0.15) is 28.6 Å². The lowest BCUT2D eigenvalue weighted by Crippen LogP contribution is -2.37. The average Bonchev–Trinajstić information content (AvgIpc) is 3.13. The van der Waals surface area contributed by atoms with E-state index in [0.29, 0.717) is 12.2 Å². The van der Waals surface area contributed by atoms with Gasteiger partial charge in [0.15, 0.2) is 0 Å². The molecular weight excluding hydrogens is 360 g/mol. The Morgan fingerprint density at radius 3 is 2.72 bits per heavy atom. The predicted octanol–water partition coefficient (Wildman–Crippen LogP) is 2.38. The van der Waals surface area contributed by atoms with E-state index in [1.54, 1.807) is 19.2 Å². The number of hydrogen-bond donors (Lipinski definition) is 2. The van der Waals surface area contributed by atoms with Gasteiger partial charge in [-0.2, -0.15) is 0 Å². The van der Waals surface area contributed by atoms with E-state index < -0.39 is 10.0 Å². The van der Waals surface area contributed by atoms with Crippen molar-refractivity contribution in [1.82, 2.24) is 10.0 Å². The Kier molecular flexibility index (Phi) is 7.12. The number of sulfonamides is 1. The van der Waals surface area contributed by atoms with Crippen LogP contribution < -0.4 is 10.0 Å². The molecule has 0 spiro atoms. The number of carbonyl (C=O) groups excluding carboxylic acids is 1. The standard InChI is InChI=1S/C17H22N2O4S2/c1-3-14(12-23-2)19-17(20)13-6-4-8-16(10-13)25(21,22)18-11-15-7-5-9-24-15/h4-10,14,18H,3,11-12H2,1-2H3,(H,19,20). The van der Waals surface area contributed by atoms with Gasteiger partial charge in [0, 0.05) is 24.1 Å². The lowest BCUT2D eigenvalue weighted by atomic mass is 10.2. The van der Waals surface area contributed by atoms with Gasteiger partial charge in [0.2, 0.25) is 10.0 Å². The quantitative estimate of drug-likeness (QED) is 0.697. The van der Waals surface area contributed by atoms with Crippen LogP contribution in [0.5, 0.6) is 0 Å². The molecule has 6 nitrogen and oxygen atoms in total. The molecule has 2 rings (SSSR count). The van der Waals surface area contributed by atoms with Gasteiger partial charge in [-0.3, -0.25) is 4.79 Å². The first-order valence-electron chi connectivity index (χ1n) is 7.88. The van der Waals surface area contributed by atoms with Crippen LogP contribution in [-0.4, -0.2) is 34.1 Å². The number of ether oxygens (including phenoxy) is 1. The number of rotatable bonds is 9. The van der Waals surface area contributed by atoms with E-state index in [9.17, 15) is 13.2 Å². The van der Waals surface area contributed by atoms with Crippen LogP contribution in [0.15, 0.2) is 46.7 Å². The highest BCUT2D eigenvalue weighted by molar-refractivity contribution is 7.89. The summed E-state index contributed by atoms with van der Waals surface area (Å²) in [4.78, 5) is 13.3. The lowest BCUT2D eigenvalue weighted by Gasteiger charge is -2.16. The first-order valence-corrected chi connectivity index (χ1v) is 10.2. The third kappa shape index (κ3) is 5.64. The molecule has 0 aliphatic carbocycles. The normalized spacial score (nSPS) is 12.7. The van der Waals surface area contributed by atoms with Gasteiger partial charge in [0.1, 0.15) is 0 Å². The Labute approximate surface area is 152 Å². The third-order valence-corrected chi connectivity index (χ3v) is 5.89. The summed E-state index contributed by atoms with van der Waals surface area (Å²) in [7, 11) is -2.11. The van der Waals surface area contributed by atoms with Crippen LogP contribution in [0.25, 0.3) is 0 Å². The second-order valence-corrected chi connectivity index (χ2v) is 8.26. The van der Waals surface area contributed by atoms with Crippen LogP contribution in [0.3, 0.4) is 0 Å². The number of thiophene rings is 1. The monoisotopic (exact) mass is 382 g/mol. The Morgan fingerprint density at radius 2 is 2.08 bits per heavy atom. The van der Waals surface area contributed by atoms with Crippen molar-refractivity contribution in [3.05, 3.63) is 52.2 Å². The second-order valence-electron chi connectivity index (χ2n) is 5.47. The number of methoxy groups -OCH3 is 1. The maximum Gasteiger partial charge on any atom is 0.251 e. The van der Waals surface area contributed by atoms with Crippen molar-refractivity contribution >= 4 is 27.3 Å². The first-order chi connectivity index (χ1) is 12.0. The molecule has 1 heterocycles. The zero-order valence-corrected chi connectivity index (χ0v) is 15.8. The van der Waals surface area contributed by atoms with E-state index >= 15 is 0 Å². The highest BCUT2D eigenvalue weighted by Gasteiger charge is 2.17. The van der Waals surface area contributed by atoms with Crippen LogP contribution in [0, 0.1) is 0 Å². The smallest absolute Gasteiger partial charge is 0.251 e. The predicted molar refractivity (Wildman–Crippen MR) is 98.2 cm³/mol. The summed E-state index contributed by atoms with van der Waals surface area (Å²) in [5, 5.41) is 4.73. The first kappa shape index (κ1) is 19.6. The molecule has 1 amide bonds. The molecule has 0 fully saturated rings. The minimum atomic E-state index is -3.68. The van der Waals surface area contributed by atoms with E-state index in [-0.39, 0.29) is 23.4 Å². The number of amides is 1. The summed E-state index contributed by atoms with van der Waals surface area (Å²) < 4.78 is 32.5. The van der Waals surface area contributed by atoms with E-state index in [2.05, 4.69) is 10.0 Å². The van der Waals surface area contributed by atoms with Gasteiger partial charge in [-0.05, 0) is 36.1 Å². The zero-order chi connectivity index (χ0) is 18.3. The molecule has 1 atom stereocenters. The zero-order valence-electron chi connectivity index (χ0n) is 14.2. The number of nitrogens with one attached hydrogen (secondary N) is 2. The summed E-state index contributed by atoms with van der Waals surface area (Å²) in [6.07, 6.45) is 0.722. The molecule has 25 heavy (non-hydrogen) atoms. The van der Waals surface area contributed by atoms with Gasteiger partial charge in [0.25, 0.3) is 5.91 Å². The molecular formula is C17H22N2O4S2. The number of hydrogen-bond acceptors (Lipinski definition) is 5. The van der Waals surface area contributed by atoms with Crippen molar-refractivity contribution in [2.24, 2.45) is 0 Å². The van der Waals surface area contributed by atoms with Crippen LogP contribution >= 0.6 is 11.3 Å². The van der Waals surface area contributed by atoms with E-state index in [1.807, 2.05) is 24.4 Å². The van der Waals surface area contributed by atoms with Crippen molar-refractivity contribution in [1.29, 1.82) is 0 Å². The van der Waals surface area contributed by atoms with Gasteiger partial charge >= 0.3 is 0 Å². The minimum absolute atomic E-state index is 0.0662. The number of carbonyl (C=O) groups is 1. The van der Waals surface area contributed by atoms with Crippen LogP contribution in [0.4, 0.5) is 0 Å². The summed E-state index contributed by atoms with van der Waals surface area (Å²) in [6.45, 7) is 2.57. The summed E-state index contributed by atoms with van der Waals surface area (Å²) in [6, 6.07) is 9.61. The van der Waals surface area contributed by atoms with Crippen molar-refractivity contribution in [3.8, 4) is 0 Å². The molecule has 0 radical (unpaired) electrons. The molecule has 8 heteroatoms. The van der Waals surface area contributed by atoms with Gasteiger partial charge in [0.05, 0.1) is 17.5 Å². The van der Waals surface area contributed by atoms with E-state index in [4.69, 9.17) is 4.74 Å². The van der Waals surface area contributed by atoms with Crippen LogP contribution in [0.2, 0.25) is 0 Å². The SMILES string of the molecule is CCC(COC)NC(=O)c1cccc(S(=O)(=O)NCc2cccs2)c1. The molecule has 2 aromatic rings. The van der Waals surface area contributed by atoms with Crippen molar-refractivity contribution in [3.63, 3.8) is 0 Å². The van der Waals surface area contributed by atoms with Crippen molar-refractivity contribution in [2.45, 2.75) is 30.8 Å². The number of benzene rings is 1. The van der Waals surface area contributed by atoms with Gasteiger partial charge in [-0.25, -0.2) is 13.1 Å². The van der Waals surface area contributed by atoms with Crippen molar-refractivity contribution < 1.29 is 17.9 Å². The Bertz CT molecular complexity index is 789. The van der Waals surface area contributed by atoms with Crippen molar-refractivity contribution in [2.75, 3.05) is 13.7 Å². The average molecular weight is 383 g/mol. The molecule has 0 aliphatic heterocycles. The van der Waals surface area contributed by atoms with Gasteiger partial charge in [-0.15, -0.1) is 11.3 Å². The summed E-state index contributed by atoms with van der Waals surface area (Å²) in [5.74, 6) is -0.320. The van der Waals surface area contributed by atoms with Gasteiger partial charge in [-0.1, -0.05) is 19.1 Å². The van der Waals surface area contributed by atoms with E-state index in [1.165, 1.54) is 23.5 Å². The van der Waals surface area contributed by atoms with E-state index in [0.717, 1.165) is 11.3 Å². The summed E-state index contributed by atoms with van der Waals surface area (Å²) >= 11 is 1.48. The van der Waals surface area contributed by atoms with Crippen LogP contribution in [-0.2, 0) is 21.3 Å². The molecule has 1 aromatic carbocycles. The maximum absolute atomic E-state index is 12.4. The third-order valence-electron chi connectivity index (χ3n) is 3.62. The second kappa shape index (κ2) is 9.10. The molecule has 0 saturated heterocycles. The molecule has 0 saturated carbocycles. The fraction of sp³-hybridized carbons (Fsp3) is 0.353. The fourth-order valence-electron chi connectivity index (χ4n) is 2.20. The largest absolute Gasteiger partial charge is 0.383 e. The fourth-order valence-corrected chi connectivity index (χ4v) is 3.99. The maximum atomic E-state index is 12.4. The summed E-state index contributed by atoms with van der Waals surface area (Å²) in [5.41, 5.74) is 0.300. The topological polar surface area (TPSA) is 84.5 Å². The molecule has 2 N–H and O–H groups in total. The Hall–Kier alpha value is -1.74. The minimum Gasteiger partial charge on any atom is -0.383 e. The molecule has 1 aromatic heterocycles. The lowest BCUT2D eigenvalue weighted by molar-refractivity contribution is 0.0894. The van der Waals surface area contributed by atoms with Gasteiger partial charge < -0.3 is 10.1 Å². The highest BCUT2D eigenvalue weighted by Crippen LogP contribution is 2.14. The molecule has 136 valence electrons.